The zero-order valence-corrected chi connectivity index (χ0v) is 12.8. The van der Waals surface area contributed by atoms with Gasteiger partial charge in [-0.1, -0.05) is 6.07 Å². The summed E-state index contributed by atoms with van der Waals surface area (Å²) in [6.07, 6.45) is 0.962. The van der Waals surface area contributed by atoms with Crippen molar-refractivity contribution in [3.8, 4) is 11.5 Å². The van der Waals surface area contributed by atoms with Crippen LogP contribution in [0.5, 0.6) is 11.5 Å². The van der Waals surface area contributed by atoms with E-state index in [1.165, 1.54) is 19.2 Å². The number of nitro groups is 1. The summed E-state index contributed by atoms with van der Waals surface area (Å²) >= 11 is 1.01. The van der Waals surface area contributed by atoms with Crippen LogP contribution >= 0.6 is 11.3 Å². The minimum absolute atomic E-state index is 0.0593. The van der Waals surface area contributed by atoms with Gasteiger partial charge >= 0.3 is 5.69 Å². The number of phenols is 1. The molecule has 0 fully saturated rings. The van der Waals surface area contributed by atoms with Crippen molar-refractivity contribution in [3.05, 3.63) is 45.3 Å². The Balaban J connectivity index is 2.44. The Morgan fingerprint density at radius 1 is 1.45 bits per heavy atom. The predicted molar refractivity (Wildman–Crippen MR) is 80.4 cm³/mol. The van der Waals surface area contributed by atoms with Crippen LogP contribution in [0.1, 0.15) is 5.56 Å². The summed E-state index contributed by atoms with van der Waals surface area (Å²) in [5, 5.41) is 22.1. The molecule has 0 radical (unpaired) electrons. The monoisotopic (exact) mass is 342 g/mol. The smallest absolute Gasteiger partial charge is 0.315 e. The van der Waals surface area contributed by atoms with Gasteiger partial charge in [0.25, 0.3) is 10.0 Å². The number of nitro benzene ring substituents is 1. The number of sulfonamides is 1. The minimum atomic E-state index is -3.86. The van der Waals surface area contributed by atoms with Crippen molar-refractivity contribution in [1.82, 2.24) is 0 Å². The maximum atomic E-state index is 11.9. The number of benzene rings is 1. The fraction of sp³-hybridized carbons (Fsp3) is 0.0833. The van der Waals surface area contributed by atoms with Crippen LogP contribution in [0.2, 0.25) is 0 Å². The Morgan fingerprint density at radius 3 is 2.73 bits per heavy atom. The molecule has 0 atom stereocenters. The van der Waals surface area contributed by atoms with Crippen molar-refractivity contribution >= 4 is 33.3 Å². The zero-order valence-electron chi connectivity index (χ0n) is 11.2. The third kappa shape index (κ3) is 3.23. The molecule has 1 heterocycles. The number of thiophene rings is 1. The average molecular weight is 342 g/mol. The first kappa shape index (κ1) is 15.9. The first-order valence-corrected chi connectivity index (χ1v) is 8.06. The Morgan fingerprint density at radius 2 is 2.18 bits per heavy atom. The van der Waals surface area contributed by atoms with Crippen molar-refractivity contribution in [2.24, 2.45) is 4.40 Å². The second-order valence-corrected chi connectivity index (χ2v) is 6.80. The molecule has 0 bridgehead atoms. The molecular weight excluding hydrogens is 332 g/mol. The van der Waals surface area contributed by atoms with Gasteiger partial charge < -0.3 is 9.84 Å². The molecule has 0 spiro atoms. The largest absolute Gasteiger partial charge is 0.500 e. The summed E-state index contributed by atoms with van der Waals surface area (Å²) in [5.74, 6) is -0.782. The number of aromatic hydroxyl groups is 1. The van der Waals surface area contributed by atoms with Crippen molar-refractivity contribution < 1.29 is 23.2 Å². The lowest BCUT2D eigenvalue weighted by Gasteiger charge is -2.04. The topological polar surface area (TPSA) is 119 Å². The molecule has 0 amide bonds. The number of rotatable bonds is 5. The molecule has 1 N–H and O–H groups in total. The molecule has 2 aromatic rings. The van der Waals surface area contributed by atoms with Crippen LogP contribution in [-0.2, 0) is 10.0 Å². The quantitative estimate of drug-likeness (QED) is 0.505. The molecular formula is C12H10N2O6S2. The molecule has 0 aliphatic carbocycles. The molecule has 8 nitrogen and oxygen atoms in total. The lowest BCUT2D eigenvalue weighted by atomic mass is 10.2. The zero-order chi connectivity index (χ0) is 16.3. The van der Waals surface area contributed by atoms with Gasteiger partial charge in [0.15, 0.2) is 5.75 Å². The van der Waals surface area contributed by atoms with E-state index < -0.39 is 26.4 Å². The van der Waals surface area contributed by atoms with E-state index in [4.69, 9.17) is 4.74 Å². The third-order valence-electron chi connectivity index (χ3n) is 2.58. The summed E-state index contributed by atoms with van der Waals surface area (Å²) in [7, 11) is -2.64. The molecule has 1 aromatic heterocycles. The fourth-order valence-electron chi connectivity index (χ4n) is 1.58. The van der Waals surface area contributed by atoms with E-state index in [0.29, 0.717) is 0 Å². The normalized spacial score (nSPS) is 11.7. The van der Waals surface area contributed by atoms with E-state index in [0.717, 1.165) is 23.6 Å². The van der Waals surface area contributed by atoms with Crippen LogP contribution < -0.4 is 4.74 Å². The van der Waals surface area contributed by atoms with Crippen LogP contribution in [0.3, 0.4) is 0 Å². The van der Waals surface area contributed by atoms with Gasteiger partial charge in [0.05, 0.1) is 12.0 Å². The van der Waals surface area contributed by atoms with Gasteiger partial charge in [0.2, 0.25) is 5.75 Å². The number of hydrogen-bond donors (Lipinski definition) is 1. The Bertz CT molecular complexity index is 828. The highest BCUT2D eigenvalue weighted by molar-refractivity contribution is 7.92. The lowest BCUT2D eigenvalue weighted by Crippen LogP contribution is -1.97. The van der Waals surface area contributed by atoms with Gasteiger partial charge in [-0.3, -0.25) is 10.1 Å². The molecule has 0 aliphatic rings. The molecule has 22 heavy (non-hydrogen) atoms. The average Bonchev–Trinajstić information content (AvgIpc) is 3.01. The summed E-state index contributed by atoms with van der Waals surface area (Å²) in [4.78, 5) is 10.1. The van der Waals surface area contributed by atoms with E-state index in [1.807, 2.05) is 0 Å². The molecule has 0 saturated heterocycles. The molecule has 1 aromatic carbocycles. The standard InChI is InChI=1S/C12H10N2O6S2/c1-20-10-6-8(5-9(12(10)15)14(16)17)7-13-22(18,19)11-3-2-4-21-11/h2-7,15H,1H3/b13-7-. The van der Waals surface area contributed by atoms with E-state index in [9.17, 15) is 23.6 Å². The fourth-order valence-corrected chi connectivity index (χ4v) is 3.42. The van der Waals surface area contributed by atoms with Gasteiger partial charge in [-0.25, -0.2) is 0 Å². The number of nitrogens with zero attached hydrogens (tertiary/aromatic N) is 2. The second-order valence-electron chi connectivity index (χ2n) is 3.99. The molecule has 10 heteroatoms. The Kier molecular flexibility index (Phi) is 4.43. The highest BCUT2D eigenvalue weighted by atomic mass is 32.2. The number of hydrogen-bond acceptors (Lipinski definition) is 7. The second kappa shape index (κ2) is 6.12. The van der Waals surface area contributed by atoms with Crippen molar-refractivity contribution in [1.29, 1.82) is 0 Å². The van der Waals surface area contributed by atoms with Gasteiger partial charge in [0, 0.05) is 17.8 Å². The van der Waals surface area contributed by atoms with Crippen molar-refractivity contribution in [2.45, 2.75) is 4.21 Å². The number of ether oxygens (including phenoxy) is 1. The summed E-state index contributed by atoms with van der Waals surface area (Å²) < 4.78 is 32.2. The predicted octanol–water partition coefficient (Wildman–Crippen LogP) is 2.18. The molecule has 2 rings (SSSR count). The summed E-state index contributed by atoms with van der Waals surface area (Å²) in [6.45, 7) is 0. The van der Waals surface area contributed by atoms with Crippen molar-refractivity contribution in [3.63, 3.8) is 0 Å². The van der Waals surface area contributed by atoms with Crippen molar-refractivity contribution in [2.75, 3.05) is 7.11 Å². The van der Waals surface area contributed by atoms with Gasteiger partial charge in [0.1, 0.15) is 4.21 Å². The third-order valence-corrected chi connectivity index (χ3v) is 5.19. The Labute approximate surface area is 129 Å². The first-order valence-electron chi connectivity index (χ1n) is 5.74. The molecule has 0 unspecified atom stereocenters. The SMILES string of the molecule is COc1cc(/C=N\S(=O)(=O)c2cccs2)cc([N+](=O)[O-])c1O. The number of methoxy groups -OCH3 is 1. The van der Waals surface area contributed by atoms with Gasteiger partial charge in [-0.15, -0.1) is 11.3 Å². The van der Waals surface area contributed by atoms with E-state index in [-0.39, 0.29) is 15.5 Å². The van der Waals surface area contributed by atoms with Gasteiger partial charge in [-0.2, -0.15) is 12.8 Å². The van der Waals surface area contributed by atoms with Crippen LogP contribution in [-0.4, -0.2) is 31.8 Å². The maximum Gasteiger partial charge on any atom is 0.315 e. The Hall–Kier alpha value is -2.46. The highest BCUT2D eigenvalue weighted by Crippen LogP contribution is 2.36. The van der Waals surface area contributed by atoms with Gasteiger partial charge in [-0.05, 0) is 17.5 Å². The van der Waals surface area contributed by atoms with E-state index in [1.54, 1.807) is 11.4 Å². The molecule has 116 valence electrons. The molecule has 0 aliphatic heterocycles. The summed E-state index contributed by atoms with van der Waals surface area (Å²) in [5.41, 5.74) is -0.490. The lowest BCUT2D eigenvalue weighted by molar-refractivity contribution is -0.386. The van der Waals surface area contributed by atoms with Crippen LogP contribution in [0.25, 0.3) is 0 Å². The number of phenolic OH excluding ortho intramolecular Hbond substituents is 1. The van der Waals surface area contributed by atoms with Crippen LogP contribution in [0.4, 0.5) is 5.69 Å². The van der Waals surface area contributed by atoms with Crippen LogP contribution in [0, 0.1) is 10.1 Å². The highest BCUT2D eigenvalue weighted by Gasteiger charge is 2.20. The minimum Gasteiger partial charge on any atom is -0.500 e. The summed E-state index contributed by atoms with van der Waals surface area (Å²) in [6, 6.07) is 5.22. The maximum absolute atomic E-state index is 11.9. The van der Waals surface area contributed by atoms with E-state index >= 15 is 0 Å². The molecule has 0 saturated carbocycles. The first-order chi connectivity index (χ1) is 10.3. The van der Waals surface area contributed by atoms with E-state index in [2.05, 4.69) is 4.40 Å². The van der Waals surface area contributed by atoms with Crippen LogP contribution in [0.15, 0.2) is 38.3 Å².